The number of anilines is 2. The topological polar surface area (TPSA) is 113 Å². The Morgan fingerprint density at radius 3 is 2.68 bits per heavy atom. The van der Waals surface area contributed by atoms with E-state index in [1.54, 1.807) is 18.2 Å². The van der Waals surface area contributed by atoms with Crippen molar-refractivity contribution in [1.82, 2.24) is 15.8 Å². The molecule has 0 fully saturated rings. The predicted octanol–water partition coefficient (Wildman–Crippen LogP) is 5.73. The largest absolute Gasteiger partial charge is 0.435 e. The number of nitrogens with one attached hydrogen (secondary N) is 3. The molecule has 0 aliphatic rings. The number of amides is 4. The van der Waals surface area contributed by atoms with Crippen LogP contribution in [-0.4, -0.2) is 29.6 Å². The van der Waals surface area contributed by atoms with Gasteiger partial charge in [-0.3, -0.25) is 15.1 Å². The predicted molar refractivity (Wildman–Crippen MR) is 141 cm³/mol. The fourth-order valence-corrected chi connectivity index (χ4v) is 4.05. The molecule has 13 heteroatoms. The van der Waals surface area contributed by atoms with Crippen molar-refractivity contribution in [3.05, 3.63) is 73.3 Å². The number of carbonyl (C=O) groups is 3. The summed E-state index contributed by atoms with van der Waals surface area (Å²) in [6, 6.07) is 5.55. The van der Waals surface area contributed by atoms with Gasteiger partial charge in [-0.15, -0.1) is 6.42 Å². The fourth-order valence-electron chi connectivity index (χ4n) is 2.31. The molecule has 176 valence electrons. The van der Waals surface area contributed by atoms with Gasteiger partial charge in [-0.25, -0.2) is 20.0 Å². The maximum atomic E-state index is 13.3. The number of hydrogen-bond acceptors (Lipinski definition) is 5. The van der Waals surface area contributed by atoms with Crippen molar-refractivity contribution in [2.75, 3.05) is 16.8 Å². The van der Waals surface area contributed by atoms with E-state index in [4.69, 9.17) is 18.0 Å². The first kappa shape index (κ1) is 27.4. The average Bonchev–Trinajstić information content (AvgIpc) is 2.81. The molecule has 0 spiro atoms. The van der Waals surface area contributed by atoms with Gasteiger partial charge in [-0.05, 0) is 56.1 Å². The second kappa shape index (κ2) is 13.1. The summed E-state index contributed by atoms with van der Waals surface area (Å²) in [6.45, 7) is 3.37. The highest BCUT2D eigenvalue weighted by molar-refractivity contribution is 9.12. The zero-order valence-corrected chi connectivity index (χ0v) is 22.6. The number of hydrogen-bond donors (Lipinski definition) is 3. The Balaban J connectivity index is 2.39. The van der Waals surface area contributed by atoms with E-state index in [1.165, 1.54) is 24.5 Å². The van der Waals surface area contributed by atoms with E-state index >= 15 is 0 Å². The molecule has 0 aliphatic heterocycles. The van der Waals surface area contributed by atoms with Gasteiger partial charge in [0.05, 0.1) is 16.3 Å². The maximum Gasteiger partial charge on any atom is 0.427 e. The summed E-state index contributed by atoms with van der Waals surface area (Å²) >= 11 is 16.1. The van der Waals surface area contributed by atoms with E-state index in [9.17, 15) is 14.4 Å². The number of rotatable bonds is 6. The molecule has 1 aromatic carbocycles. The normalized spacial score (nSPS) is 10.5. The summed E-state index contributed by atoms with van der Waals surface area (Å²) in [4.78, 5) is 42.9. The number of carbonyl (C=O) groups excluding carboxylic acids is 3. The molecule has 2 rings (SSSR count). The molecular formula is C21H15Br3ClN5O4. The molecule has 1 heterocycles. The molecule has 3 N–H and O–H groups in total. The van der Waals surface area contributed by atoms with Crippen LogP contribution in [0.15, 0.2) is 62.7 Å². The van der Waals surface area contributed by atoms with Gasteiger partial charge >= 0.3 is 12.1 Å². The van der Waals surface area contributed by atoms with Crippen LogP contribution < -0.4 is 21.1 Å². The SMILES string of the molecule is C#CCOC(=O)NNC(=O)c1cc(Br)cc(Br)c1NC(=O)N(/C=C(/Br)C=C)c1ncccc1Cl. The van der Waals surface area contributed by atoms with Crippen LogP contribution in [0.2, 0.25) is 5.02 Å². The highest BCUT2D eigenvalue weighted by Crippen LogP contribution is 2.32. The molecule has 4 amide bonds. The number of allylic oxidation sites excluding steroid dienone is 2. The first-order chi connectivity index (χ1) is 16.2. The Morgan fingerprint density at radius 1 is 1.29 bits per heavy atom. The van der Waals surface area contributed by atoms with Crippen LogP contribution in [0.5, 0.6) is 0 Å². The minimum atomic E-state index is -0.957. The van der Waals surface area contributed by atoms with E-state index in [-0.39, 0.29) is 28.7 Å². The van der Waals surface area contributed by atoms with Gasteiger partial charge in [-0.1, -0.05) is 46.1 Å². The van der Waals surface area contributed by atoms with Crippen LogP contribution in [0, 0.1) is 12.3 Å². The zero-order chi connectivity index (χ0) is 25.3. The smallest absolute Gasteiger partial charge is 0.427 e. The standard InChI is InChI=1S/C21H15Br3ClN5O4/c1-3-8-34-21(33)29-28-19(31)14-9-13(23)10-15(24)17(14)27-20(32)30(11-12(22)4-2)18-16(25)6-5-7-26-18/h1,4-7,9-11H,2,8H2,(H,27,32)(H,28,31)(H,29,33)/b12-11+. The van der Waals surface area contributed by atoms with E-state index in [1.807, 2.05) is 0 Å². The zero-order valence-electron chi connectivity index (χ0n) is 17.1. The molecule has 0 saturated heterocycles. The summed E-state index contributed by atoms with van der Waals surface area (Å²) in [7, 11) is 0. The number of pyridine rings is 1. The maximum absolute atomic E-state index is 13.3. The molecule has 0 atom stereocenters. The Morgan fingerprint density at radius 2 is 2.03 bits per heavy atom. The lowest BCUT2D eigenvalue weighted by Gasteiger charge is -2.21. The number of nitrogens with zero attached hydrogens (tertiary/aromatic N) is 2. The number of ether oxygens (including phenoxy) is 1. The van der Waals surface area contributed by atoms with Gasteiger partial charge in [0.25, 0.3) is 5.91 Å². The minimum Gasteiger partial charge on any atom is -0.435 e. The Kier molecular flexibility index (Phi) is 10.6. The Hall–Kier alpha value is -2.85. The first-order valence-corrected chi connectivity index (χ1v) is 11.8. The summed E-state index contributed by atoms with van der Waals surface area (Å²) in [5.41, 5.74) is 4.35. The van der Waals surface area contributed by atoms with Crippen LogP contribution in [0.1, 0.15) is 10.4 Å². The van der Waals surface area contributed by atoms with E-state index < -0.39 is 18.0 Å². The molecule has 0 radical (unpaired) electrons. The quantitative estimate of drug-likeness (QED) is 0.206. The number of terminal acetylenes is 1. The summed E-state index contributed by atoms with van der Waals surface area (Å²) in [5.74, 6) is 1.51. The van der Waals surface area contributed by atoms with E-state index in [2.05, 4.69) is 86.2 Å². The van der Waals surface area contributed by atoms with E-state index in [0.29, 0.717) is 13.4 Å². The van der Waals surface area contributed by atoms with Crippen molar-refractivity contribution in [1.29, 1.82) is 0 Å². The third-order valence-corrected chi connectivity index (χ3v) is 5.64. The van der Waals surface area contributed by atoms with Crippen LogP contribution in [0.4, 0.5) is 21.1 Å². The molecule has 0 saturated carbocycles. The fraction of sp³-hybridized carbons (Fsp3) is 0.0476. The van der Waals surface area contributed by atoms with Crippen molar-refractivity contribution in [2.24, 2.45) is 0 Å². The molecule has 0 unspecified atom stereocenters. The van der Waals surface area contributed by atoms with Crippen molar-refractivity contribution >= 4 is 88.9 Å². The number of urea groups is 1. The van der Waals surface area contributed by atoms with Crippen LogP contribution >= 0.6 is 59.4 Å². The van der Waals surface area contributed by atoms with Crippen LogP contribution in [0.3, 0.4) is 0 Å². The molecular weight excluding hydrogens is 661 g/mol. The van der Waals surface area contributed by atoms with Crippen molar-refractivity contribution in [3.8, 4) is 12.3 Å². The van der Waals surface area contributed by atoms with Gasteiger partial charge in [-0.2, -0.15) is 0 Å². The second-order valence-electron chi connectivity index (χ2n) is 6.00. The molecule has 0 aliphatic carbocycles. The number of aromatic nitrogens is 1. The van der Waals surface area contributed by atoms with Gasteiger partial charge in [0.1, 0.15) is 0 Å². The minimum absolute atomic E-state index is 0.00526. The van der Waals surface area contributed by atoms with E-state index in [0.717, 1.165) is 4.90 Å². The molecule has 9 nitrogen and oxygen atoms in total. The average molecular weight is 677 g/mol. The molecule has 2 aromatic rings. The molecule has 34 heavy (non-hydrogen) atoms. The second-order valence-corrected chi connectivity index (χ2v) is 9.09. The monoisotopic (exact) mass is 673 g/mol. The summed E-state index contributed by atoms with van der Waals surface area (Å²) in [6.07, 6.45) is 8.41. The van der Waals surface area contributed by atoms with Gasteiger partial charge < -0.3 is 10.1 Å². The molecule has 1 aromatic heterocycles. The highest BCUT2D eigenvalue weighted by Gasteiger charge is 2.23. The Labute approximate surface area is 225 Å². The van der Waals surface area contributed by atoms with Gasteiger partial charge in [0.15, 0.2) is 12.4 Å². The van der Waals surface area contributed by atoms with Crippen molar-refractivity contribution in [3.63, 3.8) is 0 Å². The summed E-state index contributed by atoms with van der Waals surface area (Å²) in [5, 5.41) is 2.86. The van der Waals surface area contributed by atoms with Crippen LogP contribution in [-0.2, 0) is 4.74 Å². The highest BCUT2D eigenvalue weighted by atomic mass is 79.9. The Bertz CT molecular complexity index is 1200. The van der Waals surface area contributed by atoms with Crippen molar-refractivity contribution in [2.45, 2.75) is 0 Å². The number of hydrazine groups is 1. The molecule has 0 bridgehead atoms. The lowest BCUT2D eigenvalue weighted by molar-refractivity contribution is 0.0917. The lowest BCUT2D eigenvalue weighted by Crippen LogP contribution is -2.42. The number of benzene rings is 1. The third kappa shape index (κ3) is 7.59. The van der Waals surface area contributed by atoms with Gasteiger partial charge in [0, 0.05) is 25.8 Å². The summed E-state index contributed by atoms with van der Waals surface area (Å²) < 4.78 is 5.98. The first-order valence-electron chi connectivity index (χ1n) is 9.04. The van der Waals surface area contributed by atoms with Crippen molar-refractivity contribution < 1.29 is 19.1 Å². The lowest BCUT2D eigenvalue weighted by atomic mass is 10.1. The number of halogens is 4. The van der Waals surface area contributed by atoms with Gasteiger partial charge in [0.2, 0.25) is 0 Å². The third-order valence-electron chi connectivity index (χ3n) is 3.73. The van der Waals surface area contributed by atoms with Crippen LogP contribution in [0.25, 0.3) is 0 Å².